The van der Waals surface area contributed by atoms with Gasteiger partial charge in [0.25, 0.3) is 8.32 Å². The summed E-state index contributed by atoms with van der Waals surface area (Å²) in [6, 6.07) is 4.30. The molecule has 3 rings (SSSR count). The highest BCUT2D eigenvalue weighted by atomic mass is 79.9. The highest BCUT2D eigenvalue weighted by Gasteiger charge is 2.48. The Morgan fingerprint density at radius 3 is 2.00 bits per heavy atom. The van der Waals surface area contributed by atoms with Crippen LogP contribution in [0.4, 0.5) is 0 Å². The van der Waals surface area contributed by atoms with E-state index in [0.29, 0.717) is 22.4 Å². The first-order valence-electron chi connectivity index (χ1n) is 11.2. The lowest BCUT2D eigenvalue weighted by Gasteiger charge is -2.44. The summed E-state index contributed by atoms with van der Waals surface area (Å²) < 4.78 is 8.26. The van der Waals surface area contributed by atoms with Crippen LogP contribution >= 0.6 is 15.9 Å². The van der Waals surface area contributed by atoms with Crippen molar-refractivity contribution in [3.8, 4) is 11.5 Å². The fourth-order valence-corrected chi connectivity index (χ4v) is 11.6. The Morgan fingerprint density at radius 1 is 0.897 bits per heavy atom. The van der Waals surface area contributed by atoms with Crippen LogP contribution in [0.3, 0.4) is 0 Å². The minimum Gasteiger partial charge on any atom is -0.542 e. The molecule has 2 aromatic carbocycles. The predicted molar refractivity (Wildman–Crippen MR) is 131 cm³/mol. The van der Waals surface area contributed by atoms with E-state index in [2.05, 4.69) is 83.5 Å². The quantitative estimate of drug-likeness (QED) is 0.423. The van der Waals surface area contributed by atoms with Crippen molar-refractivity contribution in [2.75, 3.05) is 0 Å². The minimum absolute atomic E-state index is 0.196. The lowest BCUT2D eigenvalue weighted by Crippen LogP contribution is -2.51. The van der Waals surface area contributed by atoms with Crippen molar-refractivity contribution >= 4 is 35.0 Å². The topological polar surface area (TPSA) is 29.5 Å². The summed E-state index contributed by atoms with van der Waals surface area (Å²) in [4.78, 5) is 0. The summed E-state index contributed by atoms with van der Waals surface area (Å²) in [5.74, 6) is 1.61. The molecule has 0 heterocycles. The van der Waals surface area contributed by atoms with E-state index in [-0.39, 0.29) is 5.92 Å². The van der Waals surface area contributed by atoms with Crippen LogP contribution in [0, 0.1) is 0 Å². The molecule has 0 bridgehead atoms. The number of aromatic hydroxyl groups is 1. The van der Waals surface area contributed by atoms with Gasteiger partial charge in [0.05, 0.1) is 0 Å². The van der Waals surface area contributed by atoms with E-state index in [4.69, 9.17) is 4.43 Å². The van der Waals surface area contributed by atoms with E-state index in [1.807, 2.05) is 0 Å². The van der Waals surface area contributed by atoms with Gasteiger partial charge in [0.2, 0.25) is 0 Å². The van der Waals surface area contributed by atoms with Crippen LogP contribution in [-0.4, -0.2) is 13.4 Å². The number of benzene rings is 2. The van der Waals surface area contributed by atoms with Crippen LogP contribution in [-0.2, 0) is 12.8 Å². The zero-order valence-electron chi connectivity index (χ0n) is 19.3. The van der Waals surface area contributed by atoms with Crippen LogP contribution in [0.2, 0.25) is 16.6 Å². The fraction of sp³-hybridized carbons (Fsp3) is 0.600. The van der Waals surface area contributed by atoms with Gasteiger partial charge in [-0.3, -0.25) is 0 Å². The molecule has 0 saturated carbocycles. The molecule has 160 valence electrons. The minimum atomic E-state index is -2.13. The summed E-state index contributed by atoms with van der Waals surface area (Å²) in [7, 11) is -2.13. The summed E-state index contributed by atoms with van der Waals surface area (Å²) in [6.45, 7) is 18.3. The number of hydrogen-bond donors (Lipinski definition) is 1. The SMILES string of the molecule is CC(C)c1c(O[Si](C(C)C)(C(C)C)C(C)C)c2c3c(ccc(Br)c3c1O)CCC2. The Balaban J connectivity index is 2.41. The molecule has 29 heavy (non-hydrogen) atoms. The Hall–Kier alpha value is -1.00. The lowest BCUT2D eigenvalue weighted by atomic mass is 9.84. The molecule has 0 unspecified atom stereocenters. The van der Waals surface area contributed by atoms with Gasteiger partial charge in [-0.05, 0) is 58.8 Å². The van der Waals surface area contributed by atoms with Crippen molar-refractivity contribution in [1.29, 1.82) is 0 Å². The number of rotatable bonds is 6. The fourth-order valence-electron chi connectivity index (χ4n) is 5.80. The number of phenols is 1. The third kappa shape index (κ3) is 3.54. The molecule has 1 aliphatic carbocycles. The maximum absolute atomic E-state index is 11.5. The number of phenolic OH excluding ortho intramolecular Hbond substituents is 1. The van der Waals surface area contributed by atoms with E-state index < -0.39 is 8.32 Å². The molecule has 0 aliphatic heterocycles. The first kappa shape index (κ1) is 22.7. The zero-order chi connectivity index (χ0) is 21.7. The van der Waals surface area contributed by atoms with Gasteiger partial charge >= 0.3 is 0 Å². The standard InChI is InChI=1S/C25H37BrO2Si/c1-14(2)21-24(27)23-20(26)13-12-18-10-9-11-19(22(18)23)25(21)28-29(15(3)4,16(5)6)17(7)8/h12-17,27H,9-11H2,1-8H3. The Bertz CT molecular complexity index is 893. The summed E-state index contributed by atoms with van der Waals surface area (Å²) >= 11 is 3.72. The van der Waals surface area contributed by atoms with Crippen molar-refractivity contribution in [2.24, 2.45) is 0 Å². The smallest absolute Gasteiger partial charge is 0.258 e. The van der Waals surface area contributed by atoms with Crippen LogP contribution < -0.4 is 4.43 Å². The van der Waals surface area contributed by atoms with Gasteiger partial charge in [-0.25, -0.2) is 0 Å². The second-order valence-electron chi connectivity index (χ2n) is 9.95. The molecule has 0 radical (unpaired) electrons. The van der Waals surface area contributed by atoms with Crippen molar-refractivity contribution in [1.82, 2.24) is 0 Å². The Morgan fingerprint density at radius 2 is 1.48 bits per heavy atom. The molecule has 0 aromatic heterocycles. The molecule has 2 aromatic rings. The predicted octanol–water partition coefficient (Wildman–Crippen LogP) is 8.47. The van der Waals surface area contributed by atoms with Gasteiger partial charge in [0, 0.05) is 21.0 Å². The monoisotopic (exact) mass is 476 g/mol. The first-order valence-corrected chi connectivity index (χ1v) is 14.1. The molecule has 0 fully saturated rings. The van der Waals surface area contributed by atoms with E-state index in [9.17, 15) is 5.11 Å². The highest BCUT2D eigenvalue weighted by Crippen LogP contribution is 2.52. The third-order valence-corrected chi connectivity index (χ3v) is 13.6. The molecule has 0 amide bonds. The maximum Gasteiger partial charge on any atom is 0.258 e. The van der Waals surface area contributed by atoms with Gasteiger partial charge in [-0.2, -0.15) is 0 Å². The van der Waals surface area contributed by atoms with Crippen LogP contribution in [0.5, 0.6) is 11.5 Å². The van der Waals surface area contributed by atoms with Gasteiger partial charge in [-0.15, -0.1) is 0 Å². The molecular weight excluding hydrogens is 440 g/mol. The molecule has 2 nitrogen and oxygen atoms in total. The average Bonchev–Trinajstić information content (AvgIpc) is 2.62. The maximum atomic E-state index is 11.5. The Kier molecular flexibility index (Phi) is 6.46. The molecule has 4 heteroatoms. The molecule has 0 spiro atoms. The number of hydrogen-bond acceptors (Lipinski definition) is 2. The van der Waals surface area contributed by atoms with Crippen LogP contribution in [0.15, 0.2) is 16.6 Å². The van der Waals surface area contributed by atoms with Crippen molar-refractivity contribution in [3.05, 3.63) is 33.3 Å². The van der Waals surface area contributed by atoms with Crippen LogP contribution in [0.1, 0.15) is 84.4 Å². The summed E-state index contributed by atoms with van der Waals surface area (Å²) in [6.07, 6.45) is 3.23. The highest BCUT2D eigenvalue weighted by molar-refractivity contribution is 9.10. The first-order chi connectivity index (χ1) is 13.5. The largest absolute Gasteiger partial charge is 0.542 e. The normalized spacial score (nSPS) is 14.7. The third-order valence-electron chi connectivity index (χ3n) is 6.99. The van der Waals surface area contributed by atoms with E-state index in [0.717, 1.165) is 40.4 Å². The lowest BCUT2D eigenvalue weighted by molar-refractivity contribution is 0.441. The summed E-state index contributed by atoms with van der Waals surface area (Å²) in [5, 5.41) is 13.7. The van der Waals surface area contributed by atoms with Crippen molar-refractivity contribution < 1.29 is 9.53 Å². The molecule has 1 N–H and O–H groups in total. The summed E-state index contributed by atoms with van der Waals surface area (Å²) in [5.41, 5.74) is 5.15. The number of halogens is 1. The van der Waals surface area contributed by atoms with E-state index in [1.54, 1.807) is 0 Å². The van der Waals surface area contributed by atoms with E-state index in [1.165, 1.54) is 16.5 Å². The van der Waals surface area contributed by atoms with Gasteiger partial charge in [0.1, 0.15) is 11.5 Å². The molecular formula is C25H37BrO2Si. The second kappa shape index (κ2) is 8.26. The molecule has 0 atom stereocenters. The Labute approximate surface area is 186 Å². The van der Waals surface area contributed by atoms with Gasteiger partial charge in [0.15, 0.2) is 0 Å². The molecule has 1 aliphatic rings. The van der Waals surface area contributed by atoms with Crippen molar-refractivity contribution in [2.45, 2.75) is 97.2 Å². The second-order valence-corrected chi connectivity index (χ2v) is 16.2. The van der Waals surface area contributed by atoms with Crippen molar-refractivity contribution in [3.63, 3.8) is 0 Å². The molecule has 0 saturated heterocycles. The van der Waals surface area contributed by atoms with Gasteiger partial charge in [-0.1, -0.05) is 77.4 Å². The van der Waals surface area contributed by atoms with Crippen LogP contribution in [0.25, 0.3) is 10.8 Å². The van der Waals surface area contributed by atoms with E-state index >= 15 is 0 Å². The average molecular weight is 478 g/mol. The zero-order valence-corrected chi connectivity index (χ0v) is 21.9. The van der Waals surface area contributed by atoms with Gasteiger partial charge < -0.3 is 9.53 Å². The number of aryl methyl sites for hydroxylation is 2.